The van der Waals surface area contributed by atoms with Crippen LogP contribution in [-0.4, -0.2) is 7.11 Å². The Morgan fingerprint density at radius 3 is 2.67 bits per heavy atom. The van der Waals surface area contributed by atoms with Crippen LogP contribution in [0, 0.1) is 5.82 Å². The average Bonchev–Trinajstić information content (AvgIpc) is 2.38. The van der Waals surface area contributed by atoms with Gasteiger partial charge in [0.15, 0.2) is 0 Å². The van der Waals surface area contributed by atoms with Crippen molar-refractivity contribution in [3.8, 4) is 5.75 Å². The predicted molar refractivity (Wildman–Crippen MR) is 74.6 cm³/mol. The Bertz CT molecular complexity index is 385. The quantitative estimate of drug-likeness (QED) is 0.613. The van der Waals surface area contributed by atoms with Crippen molar-refractivity contribution < 1.29 is 9.13 Å². The highest BCUT2D eigenvalue weighted by Gasteiger charge is 2.15. The molecule has 0 fully saturated rings. The molecule has 100 valence electrons. The highest BCUT2D eigenvalue weighted by atomic mass is 19.1. The molecule has 1 nitrogen and oxygen atoms in total. The normalized spacial score (nSPS) is 12.9. The Hall–Kier alpha value is -1.31. The molecule has 0 N–H and O–H groups in total. The molecule has 0 bridgehead atoms. The van der Waals surface area contributed by atoms with Gasteiger partial charge in [0, 0.05) is 5.56 Å². The molecule has 0 aliphatic carbocycles. The third-order valence-corrected chi connectivity index (χ3v) is 3.09. The first-order valence-electron chi connectivity index (χ1n) is 6.71. The van der Waals surface area contributed by atoms with Crippen LogP contribution in [0.1, 0.15) is 51.0 Å². The minimum atomic E-state index is -0.189. The summed E-state index contributed by atoms with van der Waals surface area (Å²) >= 11 is 0. The largest absolute Gasteiger partial charge is 0.496 e. The minimum absolute atomic E-state index is 0.189. The highest BCUT2D eigenvalue weighted by Crippen LogP contribution is 2.33. The van der Waals surface area contributed by atoms with Gasteiger partial charge in [0.2, 0.25) is 0 Å². The SMILES string of the molecule is CC/C=C\CC(CCC)c1cc(F)ccc1OC. The molecule has 1 unspecified atom stereocenters. The fraction of sp³-hybridized carbons (Fsp3) is 0.500. The third kappa shape index (κ3) is 4.17. The van der Waals surface area contributed by atoms with Gasteiger partial charge in [-0.1, -0.05) is 32.4 Å². The van der Waals surface area contributed by atoms with Crippen LogP contribution in [0.4, 0.5) is 4.39 Å². The van der Waals surface area contributed by atoms with Crippen molar-refractivity contribution in [3.05, 3.63) is 41.7 Å². The molecule has 1 rings (SSSR count). The smallest absolute Gasteiger partial charge is 0.123 e. The van der Waals surface area contributed by atoms with Crippen LogP contribution in [0.5, 0.6) is 5.75 Å². The van der Waals surface area contributed by atoms with Gasteiger partial charge in [-0.3, -0.25) is 0 Å². The van der Waals surface area contributed by atoms with Crippen LogP contribution in [0.15, 0.2) is 30.4 Å². The van der Waals surface area contributed by atoms with Crippen LogP contribution in [0.25, 0.3) is 0 Å². The lowest BCUT2D eigenvalue weighted by Gasteiger charge is -2.18. The third-order valence-electron chi connectivity index (χ3n) is 3.09. The molecule has 0 heterocycles. The zero-order valence-electron chi connectivity index (χ0n) is 11.6. The van der Waals surface area contributed by atoms with E-state index in [9.17, 15) is 4.39 Å². The van der Waals surface area contributed by atoms with E-state index in [1.165, 1.54) is 6.07 Å². The molecule has 0 aliphatic rings. The summed E-state index contributed by atoms with van der Waals surface area (Å²) in [6.45, 7) is 4.27. The number of hydrogen-bond acceptors (Lipinski definition) is 1. The van der Waals surface area contributed by atoms with Crippen molar-refractivity contribution in [2.75, 3.05) is 7.11 Å². The predicted octanol–water partition coefficient (Wildman–Crippen LogP) is 5.07. The van der Waals surface area contributed by atoms with Crippen molar-refractivity contribution in [2.45, 2.75) is 45.4 Å². The van der Waals surface area contributed by atoms with E-state index in [0.29, 0.717) is 5.92 Å². The average molecular weight is 250 g/mol. The van der Waals surface area contributed by atoms with Crippen molar-refractivity contribution in [1.29, 1.82) is 0 Å². The first kappa shape index (κ1) is 14.7. The second kappa shape index (κ2) is 7.91. The van der Waals surface area contributed by atoms with Gasteiger partial charge in [-0.2, -0.15) is 0 Å². The molecule has 2 heteroatoms. The van der Waals surface area contributed by atoms with Crippen LogP contribution in [-0.2, 0) is 0 Å². The lowest BCUT2D eigenvalue weighted by molar-refractivity contribution is 0.401. The molecular weight excluding hydrogens is 227 g/mol. The Kier molecular flexibility index (Phi) is 6.48. The van der Waals surface area contributed by atoms with Gasteiger partial charge in [0.1, 0.15) is 11.6 Å². The van der Waals surface area contributed by atoms with Crippen LogP contribution >= 0.6 is 0 Å². The first-order valence-corrected chi connectivity index (χ1v) is 6.71. The van der Waals surface area contributed by atoms with E-state index in [0.717, 1.165) is 37.0 Å². The molecule has 1 aromatic rings. The van der Waals surface area contributed by atoms with E-state index in [1.54, 1.807) is 19.2 Å². The summed E-state index contributed by atoms with van der Waals surface area (Å²) in [6, 6.07) is 4.78. The molecule has 0 aromatic heterocycles. The fourth-order valence-electron chi connectivity index (χ4n) is 2.20. The maximum atomic E-state index is 13.4. The van der Waals surface area contributed by atoms with Crippen molar-refractivity contribution >= 4 is 0 Å². The molecule has 0 saturated carbocycles. The maximum absolute atomic E-state index is 13.4. The number of ether oxygens (including phenoxy) is 1. The Labute approximate surface area is 110 Å². The minimum Gasteiger partial charge on any atom is -0.496 e. The van der Waals surface area contributed by atoms with Crippen molar-refractivity contribution in [3.63, 3.8) is 0 Å². The van der Waals surface area contributed by atoms with E-state index < -0.39 is 0 Å². The van der Waals surface area contributed by atoms with Gasteiger partial charge in [-0.05, 0) is 43.4 Å². The number of halogens is 1. The number of methoxy groups -OCH3 is 1. The molecule has 0 saturated heterocycles. The summed E-state index contributed by atoms with van der Waals surface area (Å²) in [5.74, 6) is 0.939. The zero-order chi connectivity index (χ0) is 13.4. The topological polar surface area (TPSA) is 9.23 Å². The standard InChI is InChI=1S/C16H23FO/c1-4-6-7-9-13(8-5-2)15-12-14(17)10-11-16(15)18-3/h6-7,10-13H,4-5,8-9H2,1-3H3/b7-6-. The molecule has 0 aliphatic heterocycles. The lowest BCUT2D eigenvalue weighted by atomic mass is 9.90. The first-order chi connectivity index (χ1) is 8.72. The Balaban J connectivity index is 2.95. The van der Waals surface area contributed by atoms with Gasteiger partial charge in [0.05, 0.1) is 7.11 Å². The molecule has 0 radical (unpaired) electrons. The summed E-state index contributed by atoms with van der Waals surface area (Å²) in [7, 11) is 1.64. The van der Waals surface area contributed by atoms with Crippen molar-refractivity contribution in [2.24, 2.45) is 0 Å². The summed E-state index contributed by atoms with van der Waals surface area (Å²) < 4.78 is 18.7. The van der Waals surface area contributed by atoms with Crippen LogP contribution < -0.4 is 4.74 Å². The number of rotatable bonds is 7. The fourth-order valence-corrected chi connectivity index (χ4v) is 2.20. The van der Waals surface area contributed by atoms with E-state index in [1.807, 2.05) is 0 Å². The number of allylic oxidation sites excluding steroid dienone is 2. The maximum Gasteiger partial charge on any atom is 0.123 e. The molecular formula is C16H23FO. The zero-order valence-corrected chi connectivity index (χ0v) is 11.6. The van der Waals surface area contributed by atoms with E-state index >= 15 is 0 Å². The van der Waals surface area contributed by atoms with Gasteiger partial charge >= 0.3 is 0 Å². The summed E-state index contributed by atoms with van der Waals surface area (Å²) in [5, 5.41) is 0. The van der Waals surface area contributed by atoms with E-state index in [-0.39, 0.29) is 5.82 Å². The molecule has 1 aromatic carbocycles. The molecule has 0 spiro atoms. The highest BCUT2D eigenvalue weighted by molar-refractivity contribution is 5.37. The van der Waals surface area contributed by atoms with Crippen LogP contribution in [0.3, 0.4) is 0 Å². The summed E-state index contributed by atoms with van der Waals surface area (Å²) in [5.41, 5.74) is 0.986. The second-order valence-electron chi connectivity index (χ2n) is 4.49. The Morgan fingerprint density at radius 2 is 2.06 bits per heavy atom. The molecule has 1 atom stereocenters. The van der Waals surface area contributed by atoms with E-state index in [4.69, 9.17) is 4.74 Å². The monoisotopic (exact) mass is 250 g/mol. The van der Waals surface area contributed by atoms with Crippen molar-refractivity contribution in [1.82, 2.24) is 0 Å². The molecule has 18 heavy (non-hydrogen) atoms. The molecule has 0 amide bonds. The van der Waals surface area contributed by atoms with Crippen LogP contribution in [0.2, 0.25) is 0 Å². The van der Waals surface area contributed by atoms with Gasteiger partial charge < -0.3 is 4.74 Å². The lowest BCUT2D eigenvalue weighted by Crippen LogP contribution is -2.01. The van der Waals surface area contributed by atoms with Gasteiger partial charge in [0.25, 0.3) is 0 Å². The van der Waals surface area contributed by atoms with E-state index in [2.05, 4.69) is 26.0 Å². The van der Waals surface area contributed by atoms with Gasteiger partial charge in [-0.25, -0.2) is 4.39 Å². The number of benzene rings is 1. The Morgan fingerprint density at radius 1 is 1.28 bits per heavy atom. The summed E-state index contributed by atoms with van der Waals surface area (Å²) in [6.07, 6.45) is 8.47. The van der Waals surface area contributed by atoms with Gasteiger partial charge in [-0.15, -0.1) is 0 Å². The second-order valence-corrected chi connectivity index (χ2v) is 4.49. The summed E-state index contributed by atoms with van der Waals surface area (Å²) in [4.78, 5) is 0. The number of hydrogen-bond donors (Lipinski definition) is 0.